The molecule has 1 aromatic rings. The highest BCUT2D eigenvalue weighted by Crippen LogP contribution is 2.48. The molecule has 1 aromatic carbocycles. The van der Waals surface area contributed by atoms with E-state index in [-0.39, 0.29) is 16.5 Å². The fourth-order valence-corrected chi connectivity index (χ4v) is 6.26. The van der Waals surface area contributed by atoms with Crippen LogP contribution in [0.2, 0.25) is 0 Å². The molecule has 6 nitrogen and oxygen atoms in total. The first kappa shape index (κ1) is 20.1. The molecule has 30 heavy (non-hydrogen) atoms. The van der Waals surface area contributed by atoms with Crippen molar-refractivity contribution >= 4 is 40.6 Å². The van der Waals surface area contributed by atoms with Gasteiger partial charge in [0, 0.05) is 31.9 Å². The maximum Gasteiger partial charge on any atom is 0.262 e. The number of fused-ring (bicyclic) bond motifs is 3. The maximum absolute atomic E-state index is 13.0. The Morgan fingerprint density at radius 1 is 1.27 bits per heavy atom. The van der Waals surface area contributed by atoms with Gasteiger partial charge in [0.05, 0.1) is 25.6 Å². The van der Waals surface area contributed by atoms with Crippen LogP contribution in [0.15, 0.2) is 42.1 Å². The van der Waals surface area contributed by atoms with E-state index in [0.29, 0.717) is 11.7 Å². The number of carbonyl (C=O) groups is 1. The molecular formula is C22H25N3O3S2. The van der Waals surface area contributed by atoms with Gasteiger partial charge in [0.15, 0.2) is 10.5 Å². The Balaban J connectivity index is 1.26. The second kappa shape index (κ2) is 8.34. The number of carbonyl (C=O) groups excluding carboxylic acids is 1. The lowest BCUT2D eigenvalue weighted by Gasteiger charge is -2.27. The van der Waals surface area contributed by atoms with Gasteiger partial charge in [-0.3, -0.25) is 19.5 Å². The molecule has 3 saturated heterocycles. The molecule has 0 saturated carbocycles. The number of morpholine rings is 1. The summed E-state index contributed by atoms with van der Waals surface area (Å²) in [6.07, 6.45) is 5.32. The number of thioether (sulfide) groups is 1. The minimum absolute atomic E-state index is 0.124. The van der Waals surface area contributed by atoms with Crippen LogP contribution in [0, 0.1) is 0 Å². The lowest BCUT2D eigenvalue weighted by Crippen LogP contribution is -2.39. The third kappa shape index (κ3) is 3.56. The summed E-state index contributed by atoms with van der Waals surface area (Å²) in [5.74, 6) is 0.964. The van der Waals surface area contributed by atoms with Crippen LogP contribution in [-0.2, 0) is 9.53 Å². The molecule has 0 N–H and O–H groups in total. The molecule has 1 aliphatic carbocycles. The number of ether oxygens (including phenoxy) is 2. The van der Waals surface area contributed by atoms with Crippen molar-refractivity contribution in [1.82, 2.24) is 14.7 Å². The predicted octanol–water partition coefficient (Wildman–Crippen LogP) is 2.57. The van der Waals surface area contributed by atoms with Crippen LogP contribution in [0.4, 0.5) is 0 Å². The molecule has 3 fully saturated rings. The molecular weight excluding hydrogens is 418 g/mol. The van der Waals surface area contributed by atoms with E-state index in [4.69, 9.17) is 21.7 Å². The number of hydrogen-bond acceptors (Lipinski definition) is 6. The van der Waals surface area contributed by atoms with Gasteiger partial charge in [-0.15, -0.1) is 11.8 Å². The van der Waals surface area contributed by atoms with E-state index in [9.17, 15) is 4.79 Å². The van der Waals surface area contributed by atoms with Gasteiger partial charge in [-0.1, -0.05) is 18.2 Å². The van der Waals surface area contributed by atoms with Gasteiger partial charge in [-0.05, 0) is 48.0 Å². The zero-order chi connectivity index (χ0) is 20.7. The second-order valence-electron chi connectivity index (χ2n) is 7.78. The zero-order valence-corrected chi connectivity index (χ0v) is 18.6. The summed E-state index contributed by atoms with van der Waals surface area (Å²) in [4.78, 5) is 19.3. The molecule has 0 radical (unpaired) electrons. The van der Waals surface area contributed by atoms with Gasteiger partial charge >= 0.3 is 0 Å². The van der Waals surface area contributed by atoms with E-state index in [1.54, 1.807) is 23.8 Å². The molecule has 3 aliphatic heterocycles. The highest BCUT2D eigenvalue weighted by atomic mass is 32.2. The minimum Gasteiger partial charge on any atom is -0.497 e. The first-order valence-corrected chi connectivity index (χ1v) is 11.7. The molecule has 4 aliphatic rings. The van der Waals surface area contributed by atoms with Crippen LogP contribution in [-0.4, -0.2) is 82.8 Å². The third-order valence-electron chi connectivity index (χ3n) is 5.99. The van der Waals surface area contributed by atoms with Crippen LogP contribution >= 0.6 is 24.0 Å². The molecule has 158 valence electrons. The molecule has 0 bridgehead atoms. The highest BCUT2D eigenvalue weighted by Gasteiger charge is 2.52. The normalized spacial score (nSPS) is 26.0. The smallest absolute Gasteiger partial charge is 0.262 e. The number of nitrogens with zero attached hydrogens (tertiary/aromatic N) is 3. The fraction of sp³-hybridized carbons (Fsp3) is 0.455. The van der Waals surface area contributed by atoms with Gasteiger partial charge in [-0.2, -0.15) is 0 Å². The van der Waals surface area contributed by atoms with Gasteiger partial charge in [0.2, 0.25) is 0 Å². The molecule has 3 heterocycles. The van der Waals surface area contributed by atoms with E-state index in [2.05, 4.69) is 28.0 Å². The van der Waals surface area contributed by atoms with Crippen LogP contribution in [0.3, 0.4) is 0 Å². The highest BCUT2D eigenvalue weighted by molar-refractivity contribution is 8.02. The summed E-state index contributed by atoms with van der Waals surface area (Å²) >= 11 is 7.43. The summed E-state index contributed by atoms with van der Waals surface area (Å²) < 4.78 is 10.8. The van der Waals surface area contributed by atoms with E-state index < -0.39 is 0 Å². The van der Waals surface area contributed by atoms with Gasteiger partial charge in [0.1, 0.15) is 5.75 Å². The van der Waals surface area contributed by atoms with Crippen LogP contribution in [0.1, 0.15) is 12.0 Å². The van der Waals surface area contributed by atoms with E-state index >= 15 is 0 Å². The lowest BCUT2D eigenvalue weighted by molar-refractivity contribution is -0.125. The molecule has 8 heteroatoms. The van der Waals surface area contributed by atoms with Crippen molar-refractivity contribution in [2.75, 3.05) is 46.5 Å². The van der Waals surface area contributed by atoms with Gasteiger partial charge in [-0.25, -0.2) is 0 Å². The monoisotopic (exact) mass is 443 g/mol. The van der Waals surface area contributed by atoms with Gasteiger partial charge in [0.25, 0.3) is 5.91 Å². The second-order valence-corrected chi connectivity index (χ2v) is 9.37. The van der Waals surface area contributed by atoms with E-state index in [1.807, 2.05) is 18.2 Å². The van der Waals surface area contributed by atoms with Crippen molar-refractivity contribution in [2.24, 2.45) is 0 Å². The Bertz CT molecular complexity index is 926. The number of benzene rings is 1. The molecule has 2 atom stereocenters. The maximum atomic E-state index is 13.0. The lowest BCUT2D eigenvalue weighted by atomic mass is 10.1. The average Bonchev–Trinajstić information content (AvgIpc) is 3.40. The summed E-state index contributed by atoms with van der Waals surface area (Å²) in [5.41, 5.74) is 3.39. The Hall–Kier alpha value is -1.87. The predicted molar refractivity (Wildman–Crippen MR) is 122 cm³/mol. The van der Waals surface area contributed by atoms with Crippen molar-refractivity contribution in [3.8, 4) is 5.75 Å². The average molecular weight is 444 g/mol. The minimum atomic E-state index is -0.222. The van der Waals surface area contributed by atoms with Crippen molar-refractivity contribution in [2.45, 2.75) is 17.0 Å². The SMILES string of the molecule is COc1cccc(C2=CC3SC4C(=O)N(CCCN5CCOCC5)C(=S)N4C3=C2)c1. The summed E-state index contributed by atoms with van der Waals surface area (Å²) in [5, 5.41) is 0.599. The number of thiocarbonyl (C=S) groups is 1. The van der Waals surface area contributed by atoms with Crippen molar-refractivity contribution in [3.05, 3.63) is 47.7 Å². The van der Waals surface area contributed by atoms with Crippen molar-refractivity contribution < 1.29 is 14.3 Å². The van der Waals surface area contributed by atoms with E-state index in [0.717, 1.165) is 61.9 Å². The Kier molecular flexibility index (Phi) is 5.58. The Morgan fingerprint density at radius 3 is 2.90 bits per heavy atom. The largest absolute Gasteiger partial charge is 0.497 e. The summed E-state index contributed by atoms with van der Waals surface area (Å²) in [6.45, 7) is 5.18. The zero-order valence-electron chi connectivity index (χ0n) is 17.0. The Labute approximate surface area is 186 Å². The first-order valence-electron chi connectivity index (χ1n) is 10.3. The molecule has 0 aromatic heterocycles. The molecule has 2 unspecified atom stereocenters. The summed E-state index contributed by atoms with van der Waals surface area (Å²) in [6, 6.07) is 8.07. The fourth-order valence-electron chi connectivity index (χ4n) is 4.39. The first-order chi connectivity index (χ1) is 14.7. The van der Waals surface area contributed by atoms with Crippen molar-refractivity contribution in [1.29, 1.82) is 0 Å². The number of amides is 1. The van der Waals surface area contributed by atoms with Crippen molar-refractivity contribution in [3.63, 3.8) is 0 Å². The molecule has 5 rings (SSSR count). The molecule has 1 amide bonds. The third-order valence-corrected chi connectivity index (χ3v) is 7.75. The Morgan fingerprint density at radius 2 is 2.10 bits per heavy atom. The van der Waals surface area contributed by atoms with E-state index in [1.165, 1.54) is 0 Å². The number of methoxy groups -OCH3 is 1. The number of rotatable bonds is 6. The van der Waals surface area contributed by atoms with Gasteiger partial charge < -0.3 is 9.47 Å². The van der Waals surface area contributed by atoms with Crippen LogP contribution in [0.25, 0.3) is 5.57 Å². The quantitative estimate of drug-likeness (QED) is 0.626. The summed E-state index contributed by atoms with van der Waals surface area (Å²) in [7, 11) is 1.68. The topological polar surface area (TPSA) is 45.3 Å². The number of hydrogen-bond donors (Lipinski definition) is 0. The number of allylic oxidation sites excluding steroid dienone is 2. The van der Waals surface area contributed by atoms with Crippen LogP contribution < -0.4 is 4.74 Å². The van der Waals surface area contributed by atoms with Crippen LogP contribution in [0.5, 0.6) is 5.75 Å². The molecule has 0 spiro atoms. The standard InChI is InChI=1S/C22H25N3O3S2/c1-27-17-5-2-4-15(12-17)16-13-18-19(14-16)30-21-20(26)24(22(29)25(18)21)7-3-6-23-8-10-28-11-9-23/h2,4-5,12-14,19,21H,3,6-11H2,1H3.